The van der Waals surface area contributed by atoms with E-state index in [2.05, 4.69) is 24.5 Å². The van der Waals surface area contributed by atoms with Gasteiger partial charge in [-0.15, -0.1) is 0 Å². The number of hydrogen-bond donors (Lipinski definition) is 2. The minimum absolute atomic E-state index is 0.00244. The van der Waals surface area contributed by atoms with Gasteiger partial charge in [-0.05, 0) is 49.5 Å². The van der Waals surface area contributed by atoms with E-state index in [1.165, 1.54) is 0 Å². The zero-order valence-electron chi connectivity index (χ0n) is 16.9. The van der Waals surface area contributed by atoms with Gasteiger partial charge in [-0.3, -0.25) is 4.79 Å². The maximum Gasteiger partial charge on any atom is 0.197 e. The Morgan fingerprint density at radius 1 is 0.821 bits per heavy atom. The molecule has 0 saturated heterocycles. The SMILES string of the molecule is CCNCCOc1ccc2c(c1)c(=O)c1cc(OCCNCC)ccc1n2C. The van der Waals surface area contributed by atoms with Crippen molar-refractivity contribution in [1.82, 2.24) is 15.2 Å². The first-order chi connectivity index (χ1) is 13.7. The van der Waals surface area contributed by atoms with E-state index in [1.54, 1.807) is 0 Å². The molecule has 0 fully saturated rings. The lowest BCUT2D eigenvalue weighted by molar-refractivity contribution is 0.316. The highest BCUT2D eigenvalue weighted by Gasteiger charge is 2.11. The third kappa shape index (κ3) is 4.46. The van der Waals surface area contributed by atoms with Gasteiger partial charge in [-0.1, -0.05) is 13.8 Å². The number of hydrogen-bond acceptors (Lipinski definition) is 5. The van der Waals surface area contributed by atoms with Gasteiger partial charge in [0.05, 0.1) is 11.0 Å². The van der Waals surface area contributed by atoms with E-state index in [0.717, 1.165) is 37.2 Å². The normalized spacial score (nSPS) is 11.2. The molecule has 150 valence electrons. The predicted molar refractivity (Wildman–Crippen MR) is 115 cm³/mol. The summed E-state index contributed by atoms with van der Waals surface area (Å²) in [4.78, 5) is 13.1. The number of aromatic nitrogens is 1. The standard InChI is InChI=1S/C22H29N3O3/c1-4-23-10-12-27-16-6-8-20-18(14-16)22(26)19-15-17(28-13-11-24-5-2)7-9-21(19)25(20)3/h6-9,14-15,23-24H,4-5,10-13H2,1-3H3. The molecule has 28 heavy (non-hydrogen) atoms. The molecule has 0 aliphatic rings. The monoisotopic (exact) mass is 383 g/mol. The first-order valence-electron chi connectivity index (χ1n) is 9.89. The lowest BCUT2D eigenvalue weighted by Crippen LogP contribution is -2.20. The van der Waals surface area contributed by atoms with Crippen LogP contribution in [-0.4, -0.2) is 44.0 Å². The summed E-state index contributed by atoms with van der Waals surface area (Å²) in [6, 6.07) is 11.4. The Morgan fingerprint density at radius 3 is 1.71 bits per heavy atom. The number of rotatable bonds is 10. The smallest absolute Gasteiger partial charge is 0.197 e. The van der Waals surface area contributed by atoms with Crippen LogP contribution in [0.1, 0.15) is 13.8 Å². The summed E-state index contributed by atoms with van der Waals surface area (Å²) in [5, 5.41) is 7.75. The third-order valence-corrected chi connectivity index (χ3v) is 4.74. The Kier molecular flexibility index (Phi) is 6.90. The molecule has 2 aromatic carbocycles. The molecule has 3 aromatic rings. The minimum atomic E-state index is -0.00244. The predicted octanol–water partition coefficient (Wildman–Crippen LogP) is 2.67. The zero-order chi connectivity index (χ0) is 19.9. The van der Waals surface area contributed by atoms with Crippen molar-refractivity contribution in [3.63, 3.8) is 0 Å². The summed E-state index contributed by atoms with van der Waals surface area (Å²) < 4.78 is 13.6. The van der Waals surface area contributed by atoms with Crippen molar-refractivity contribution in [2.45, 2.75) is 13.8 Å². The summed E-state index contributed by atoms with van der Waals surface area (Å²) in [6.45, 7) is 8.62. The van der Waals surface area contributed by atoms with Crippen LogP contribution < -0.4 is 25.5 Å². The van der Waals surface area contributed by atoms with E-state index >= 15 is 0 Å². The average molecular weight is 383 g/mol. The molecule has 0 saturated carbocycles. The number of ether oxygens (including phenoxy) is 2. The number of nitrogens with zero attached hydrogens (tertiary/aromatic N) is 1. The molecule has 0 bridgehead atoms. The van der Waals surface area contributed by atoms with Crippen LogP contribution in [0.4, 0.5) is 0 Å². The second-order valence-electron chi connectivity index (χ2n) is 6.65. The molecule has 2 N–H and O–H groups in total. The second-order valence-corrected chi connectivity index (χ2v) is 6.65. The highest BCUT2D eigenvalue weighted by atomic mass is 16.5. The van der Waals surface area contributed by atoms with Crippen molar-refractivity contribution in [2.24, 2.45) is 7.05 Å². The van der Waals surface area contributed by atoms with Gasteiger partial charge in [0.25, 0.3) is 0 Å². The molecule has 6 heteroatoms. The van der Waals surface area contributed by atoms with E-state index in [4.69, 9.17) is 9.47 Å². The fourth-order valence-electron chi connectivity index (χ4n) is 3.27. The van der Waals surface area contributed by atoms with Gasteiger partial charge in [-0.2, -0.15) is 0 Å². The van der Waals surface area contributed by atoms with Gasteiger partial charge in [-0.25, -0.2) is 0 Å². The molecular formula is C22H29N3O3. The van der Waals surface area contributed by atoms with E-state index < -0.39 is 0 Å². The van der Waals surface area contributed by atoms with Crippen molar-refractivity contribution in [2.75, 3.05) is 39.4 Å². The van der Waals surface area contributed by atoms with Gasteiger partial charge in [0.15, 0.2) is 5.43 Å². The summed E-state index contributed by atoms with van der Waals surface area (Å²) in [6.07, 6.45) is 0. The van der Waals surface area contributed by atoms with Crippen LogP contribution in [0.5, 0.6) is 11.5 Å². The topological polar surface area (TPSA) is 64.5 Å². The molecule has 0 aliphatic carbocycles. The number of nitrogens with one attached hydrogen (secondary N) is 2. The van der Waals surface area contributed by atoms with E-state index in [1.807, 2.05) is 48.0 Å². The van der Waals surface area contributed by atoms with E-state index in [-0.39, 0.29) is 5.43 Å². The number of benzene rings is 2. The van der Waals surface area contributed by atoms with Crippen LogP contribution in [0.3, 0.4) is 0 Å². The fourth-order valence-corrected chi connectivity index (χ4v) is 3.27. The van der Waals surface area contributed by atoms with Gasteiger partial charge < -0.3 is 24.7 Å². The summed E-state index contributed by atoms with van der Waals surface area (Å²) in [7, 11) is 1.97. The molecular weight excluding hydrogens is 354 g/mol. The highest BCUT2D eigenvalue weighted by Crippen LogP contribution is 2.24. The fraction of sp³-hybridized carbons (Fsp3) is 0.409. The maximum absolute atomic E-state index is 13.1. The Hall–Kier alpha value is -2.57. The van der Waals surface area contributed by atoms with Crippen molar-refractivity contribution in [1.29, 1.82) is 0 Å². The molecule has 0 spiro atoms. The van der Waals surface area contributed by atoms with Gasteiger partial charge in [0.1, 0.15) is 24.7 Å². The Bertz CT molecular complexity index is 922. The first-order valence-corrected chi connectivity index (χ1v) is 9.89. The molecule has 0 radical (unpaired) electrons. The quantitative estimate of drug-likeness (QED) is 0.416. The van der Waals surface area contributed by atoms with Crippen molar-refractivity contribution in [3.05, 3.63) is 46.6 Å². The molecule has 0 aliphatic heterocycles. The number of pyridine rings is 1. The van der Waals surface area contributed by atoms with Crippen LogP contribution in [0.25, 0.3) is 21.8 Å². The van der Waals surface area contributed by atoms with Crippen LogP contribution >= 0.6 is 0 Å². The molecule has 0 unspecified atom stereocenters. The number of aryl methyl sites for hydroxylation is 1. The number of likely N-dealkylation sites (N-methyl/N-ethyl adjacent to an activating group) is 2. The van der Waals surface area contributed by atoms with Crippen molar-refractivity contribution in [3.8, 4) is 11.5 Å². The van der Waals surface area contributed by atoms with Gasteiger partial charge >= 0.3 is 0 Å². The van der Waals surface area contributed by atoms with Crippen LogP contribution in [0, 0.1) is 0 Å². The van der Waals surface area contributed by atoms with Crippen LogP contribution in [0.15, 0.2) is 41.2 Å². The first kappa shape index (κ1) is 20.2. The maximum atomic E-state index is 13.1. The molecule has 0 amide bonds. The molecule has 3 rings (SSSR count). The van der Waals surface area contributed by atoms with Crippen molar-refractivity contribution >= 4 is 21.8 Å². The van der Waals surface area contributed by atoms with Gasteiger partial charge in [0.2, 0.25) is 0 Å². The number of fused-ring (bicyclic) bond motifs is 2. The summed E-state index contributed by atoms with van der Waals surface area (Å²) in [5.41, 5.74) is 1.77. The zero-order valence-corrected chi connectivity index (χ0v) is 16.9. The third-order valence-electron chi connectivity index (χ3n) is 4.74. The second kappa shape index (κ2) is 9.57. The van der Waals surface area contributed by atoms with Gasteiger partial charge in [0, 0.05) is 30.9 Å². The molecule has 1 heterocycles. The minimum Gasteiger partial charge on any atom is -0.492 e. The highest BCUT2D eigenvalue weighted by molar-refractivity contribution is 5.94. The molecule has 6 nitrogen and oxygen atoms in total. The van der Waals surface area contributed by atoms with E-state index in [9.17, 15) is 4.79 Å². The lowest BCUT2D eigenvalue weighted by atomic mass is 10.1. The summed E-state index contributed by atoms with van der Waals surface area (Å²) in [5.74, 6) is 1.42. The summed E-state index contributed by atoms with van der Waals surface area (Å²) >= 11 is 0. The lowest BCUT2D eigenvalue weighted by Gasteiger charge is -2.13. The van der Waals surface area contributed by atoms with E-state index in [0.29, 0.717) is 35.5 Å². The Labute approximate surface area is 165 Å². The largest absolute Gasteiger partial charge is 0.492 e. The van der Waals surface area contributed by atoms with Crippen molar-refractivity contribution < 1.29 is 9.47 Å². The van der Waals surface area contributed by atoms with Crippen LogP contribution in [0.2, 0.25) is 0 Å². The average Bonchev–Trinajstić information content (AvgIpc) is 2.72. The molecule has 0 atom stereocenters. The molecule has 1 aromatic heterocycles. The Balaban J connectivity index is 1.93. The van der Waals surface area contributed by atoms with Crippen LogP contribution in [-0.2, 0) is 7.05 Å². The Morgan fingerprint density at radius 2 is 1.29 bits per heavy atom.